The van der Waals surface area contributed by atoms with E-state index in [0.29, 0.717) is 23.3 Å². The molecule has 110 heavy (non-hydrogen) atoms. The van der Waals surface area contributed by atoms with E-state index in [9.17, 15) is 0 Å². The Bertz CT molecular complexity index is 6180. The highest BCUT2D eigenvalue weighted by molar-refractivity contribution is 9.10. The summed E-state index contributed by atoms with van der Waals surface area (Å²) in [5, 5.41) is 4.31. The number of rotatable bonds is 12. The maximum absolute atomic E-state index is 6.20. The van der Waals surface area contributed by atoms with Crippen LogP contribution in [0.2, 0.25) is 0 Å². The van der Waals surface area contributed by atoms with E-state index in [1.54, 1.807) is 0 Å². The predicted molar refractivity (Wildman–Crippen MR) is 453 cm³/mol. The summed E-state index contributed by atoms with van der Waals surface area (Å²) in [6.45, 7) is 8.29. The molecule has 0 radical (unpaired) electrons. The molecular formula is C97H71BBrN9O2. The normalized spacial score (nSPS) is 12.8. The molecule has 19 rings (SSSR count). The number of nitrogens with zero attached hydrogens (tertiary/aromatic N) is 9. The van der Waals surface area contributed by atoms with Crippen LogP contribution in [0.4, 0.5) is 0 Å². The van der Waals surface area contributed by atoms with Crippen molar-refractivity contribution in [3.63, 3.8) is 0 Å². The second-order valence-corrected chi connectivity index (χ2v) is 29.0. The molecule has 0 atom stereocenters. The van der Waals surface area contributed by atoms with E-state index in [4.69, 9.17) is 49.2 Å². The Balaban J connectivity index is 0.000000128. The molecule has 0 bridgehead atoms. The van der Waals surface area contributed by atoms with E-state index in [1.807, 2.05) is 158 Å². The third-order valence-electron chi connectivity index (χ3n) is 20.2. The Morgan fingerprint density at radius 3 is 0.764 bits per heavy atom. The van der Waals surface area contributed by atoms with Gasteiger partial charge in [-0.3, -0.25) is 0 Å². The second kappa shape index (κ2) is 30.6. The van der Waals surface area contributed by atoms with E-state index in [2.05, 4.69) is 249 Å². The smallest absolute Gasteiger partial charge is 0.399 e. The molecule has 12 aromatic carbocycles. The van der Waals surface area contributed by atoms with Gasteiger partial charge in [-0.1, -0.05) is 331 Å². The van der Waals surface area contributed by atoms with Crippen LogP contribution in [0.1, 0.15) is 27.7 Å². The van der Waals surface area contributed by atoms with Gasteiger partial charge < -0.3 is 9.31 Å². The lowest BCUT2D eigenvalue weighted by molar-refractivity contribution is 0.00578. The van der Waals surface area contributed by atoms with Crippen LogP contribution in [-0.4, -0.2) is 63.2 Å². The highest BCUT2D eigenvalue weighted by atomic mass is 79.9. The number of hydrogen-bond acceptors (Lipinski definition) is 11. The van der Waals surface area contributed by atoms with Gasteiger partial charge in [0.25, 0.3) is 0 Å². The second-order valence-electron chi connectivity index (χ2n) is 28.0. The molecule has 13 heteroatoms. The van der Waals surface area contributed by atoms with Crippen molar-refractivity contribution in [2.75, 3.05) is 0 Å². The van der Waals surface area contributed by atoms with E-state index in [1.165, 1.54) is 0 Å². The summed E-state index contributed by atoms with van der Waals surface area (Å²) < 4.78 is 13.4. The minimum atomic E-state index is -0.372. The molecule has 0 unspecified atom stereocenters. The topological polar surface area (TPSA) is 134 Å². The molecule has 7 heterocycles. The summed E-state index contributed by atoms with van der Waals surface area (Å²) in [6.07, 6.45) is 0. The number of halogens is 1. The molecule has 1 aliphatic heterocycles. The van der Waals surface area contributed by atoms with Gasteiger partial charge in [-0.2, -0.15) is 0 Å². The van der Waals surface area contributed by atoms with Crippen LogP contribution in [0.25, 0.3) is 168 Å². The van der Waals surface area contributed by atoms with Gasteiger partial charge in [-0.25, -0.2) is 44.9 Å². The number of fused-ring (bicyclic) bond motifs is 6. The highest BCUT2D eigenvalue weighted by Gasteiger charge is 2.51. The van der Waals surface area contributed by atoms with Gasteiger partial charge >= 0.3 is 7.12 Å². The molecule has 1 saturated heterocycles. The number of hydrogen-bond donors (Lipinski definition) is 0. The zero-order valence-corrected chi connectivity index (χ0v) is 62.4. The van der Waals surface area contributed by atoms with Gasteiger partial charge in [0.05, 0.1) is 67.4 Å². The molecule has 1 fully saturated rings. The van der Waals surface area contributed by atoms with Gasteiger partial charge in [0, 0.05) is 81.7 Å². The van der Waals surface area contributed by atoms with E-state index >= 15 is 0 Å². The van der Waals surface area contributed by atoms with Gasteiger partial charge in [0.15, 0.2) is 23.3 Å². The molecule has 0 spiro atoms. The lowest BCUT2D eigenvalue weighted by Crippen LogP contribution is -2.41. The Kier molecular flexibility index (Phi) is 19.4. The van der Waals surface area contributed by atoms with Crippen LogP contribution < -0.4 is 5.46 Å². The van der Waals surface area contributed by atoms with Crippen molar-refractivity contribution in [3.05, 3.63) is 362 Å². The third-order valence-corrected chi connectivity index (χ3v) is 20.8. The SMILES string of the molecule is Brc1ccc(-c2nc(-c3ccccc3)nc(-c3ccccc3)n2)cc1.CC1(C)OB(c2ccc(-c3ccc4ccc5ccc(-c6ccccc6)nc5c4n3)cc2)OC1(C)C.c1ccc(-c2cc(-c3ccc(-c4ccc(-c5ccc6ccc7ccc(-c8ccccc8)nc7c6n5)cc4)cc3)nc(-c3ccccc3)n2)cc1. The Morgan fingerprint density at radius 2 is 0.445 bits per heavy atom. The zero-order valence-electron chi connectivity index (χ0n) is 60.9. The van der Waals surface area contributed by atoms with Crippen molar-refractivity contribution < 1.29 is 9.31 Å². The Labute approximate surface area is 647 Å². The Hall–Kier alpha value is -13.2. The van der Waals surface area contributed by atoms with Gasteiger partial charge in [-0.05, 0) is 86.7 Å². The quantitative estimate of drug-likeness (QED) is 0.0854. The van der Waals surface area contributed by atoms with Crippen molar-refractivity contribution in [2.24, 2.45) is 0 Å². The monoisotopic (exact) mass is 1480 g/mol. The maximum Gasteiger partial charge on any atom is 0.494 e. The fourth-order valence-electron chi connectivity index (χ4n) is 13.5. The van der Waals surface area contributed by atoms with Crippen molar-refractivity contribution in [1.82, 2.24) is 44.9 Å². The van der Waals surface area contributed by atoms with E-state index in [-0.39, 0.29) is 18.3 Å². The fraction of sp³-hybridized carbons (Fsp3) is 0.0619. The van der Waals surface area contributed by atoms with Crippen LogP contribution in [0, 0.1) is 0 Å². The standard InChI is InChI=1S/C46H30N4.C30H27BN2O2.C21H14BrN3/c1-4-10-33(11-5-1)40-28-26-37-24-25-38-27-29-41(48-45(38)44(37)47-40)35-20-16-31(17-21-35)32-18-22-36(23-19-32)43-30-42(34-12-6-2-7-13-34)49-46(50-43)39-14-8-3-9-15-39;1-29(2)30(3,4)35-31(34-29)24-16-12-21(13-17-24)26-19-15-23-11-10-22-14-18-25(20-8-6-5-7-9-20)32-27(22)28(23)33-26;22-18-13-11-17(12-14-18)21-24-19(15-7-3-1-4-8-15)23-20(25-21)16-9-5-2-6-10-16/h1-30H;5-19H,1-4H3;1-14H. The average molecular weight is 1490 g/mol. The molecular weight excluding hydrogens is 1410 g/mol. The van der Waals surface area contributed by atoms with Gasteiger partial charge in [0.2, 0.25) is 0 Å². The first kappa shape index (κ1) is 69.9. The molecule has 11 nitrogen and oxygen atoms in total. The molecule has 0 aliphatic carbocycles. The third kappa shape index (κ3) is 15.0. The van der Waals surface area contributed by atoms with Gasteiger partial charge in [0.1, 0.15) is 0 Å². The minimum Gasteiger partial charge on any atom is -0.399 e. The van der Waals surface area contributed by atoms with Crippen molar-refractivity contribution in [1.29, 1.82) is 0 Å². The van der Waals surface area contributed by atoms with Crippen LogP contribution in [-0.2, 0) is 9.31 Å². The number of pyridine rings is 4. The molecule has 1 aliphatic rings. The molecule has 0 saturated carbocycles. The lowest BCUT2D eigenvalue weighted by Gasteiger charge is -2.32. The average Bonchev–Trinajstić information content (AvgIpc) is 1.57. The zero-order chi connectivity index (χ0) is 74.6. The van der Waals surface area contributed by atoms with E-state index in [0.717, 1.165) is 154 Å². The number of benzene rings is 12. The summed E-state index contributed by atoms with van der Waals surface area (Å²) in [5.74, 6) is 2.73. The minimum absolute atomic E-state index is 0.358. The molecule has 526 valence electrons. The first-order valence-electron chi connectivity index (χ1n) is 36.7. The van der Waals surface area contributed by atoms with Crippen LogP contribution >= 0.6 is 15.9 Å². The summed E-state index contributed by atoms with van der Waals surface area (Å²) in [6, 6.07) is 122. The van der Waals surface area contributed by atoms with Crippen LogP contribution in [0.3, 0.4) is 0 Å². The lowest BCUT2D eigenvalue weighted by atomic mass is 9.79. The van der Waals surface area contributed by atoms with Crippen LogP contribution in [0.15, 0.2) is 362 Å². The summed E-state index contributed by atoms with van der Waals surface area (Å²) >= 11 is 3.47. The number of aromatic nitrogens is 9. The Morgan fingerprint density at radius 1 is 0.218 bits per heavy atom. The maximum atomic E-state index is 6.20. The molecule has 0 N–H and O–H groups in total. The van der Waals surface area contributed by atoms with Crippen molar-refractivity contribution >= 4 is 72.1 Å². The summed E-state index contributed by atoms with van der Waals surface area (Å²) in [4.78, 5) is 44.2. The van der Waals surface area contributed by atoms with Crippen LogP contribution in [0.5, 0.6) is 0 Å². The molecule has 0 amide bonds. The van der Waals surface area contributed by atoms with Gasteiger partial charge in [-0.15, -0.1) is 0 Å². The van der Waals surface area contributed by atoms with Crippen molar-refractivity contribution in [3.8, 4) is 124 Å². The van der Waals surface area contributed by atoms with Crippen molar-refractivity contribution in [2.45, 2.75) is 38.9 Å². The highest BCUT2D eigenvalue weighted by Crippen LogP contribution is 2.39. The first-order valence-corrected chi connectivity index (χ1v) is 37.5. The first-order chi connectivity index (χ1) is 53.8. The molecule has 6 aromatic heterocycles. The van der Waals surface area contributed by atoms with E-state index < -0.39 is 0 Å². The summed E-state index contributed by atoms with van der Waals surface area (Å²) in [7, 11) is -0.372. The molecule has 18 aromatic rings. The largest absolute Gasteiger partial charge is 0.494 e. The summed E-state index contributed by atoms with van der Waals surface area (Å²) in [5.41, 5.74) is 22.0. The predicted octanol–water partition coefficient (Wildman–Crippen LogP) is 23.6. The fourth-order valence-corrected chi connectivity index (χ4v) is 13.7.